The molecule has 0 aliphatic carbocycles. The predicted octanol–water partition coefficient (Wildman–Crippen LogP) is 9.28. The van der Waals surface area contributed by atoms with Gasteiger partial charge in [0.2, 0.25) is 0 Å². The van der Waals surface area contributed by atoms with Gasteiger partial charge in [-0.1, -0.05) is 85.5 Å². The molecule has 208 valence electrons. The van der Waals surface area contributed by atoms with Gasteiger partial charge in [0.15, 0.2) is 0 Å². The number of hydrogen-bond donors (Lipinski definition) is 2. The van der Waals surface area contributed by atoms with Gasteiger partial charge < -0.3 is 14.4 Å². The molecule has 4 nitrogen and oxygen atoms in total. The van der Waals surface area contributed by atoms with Crippen molar-refractivity contribution in [1.29, 1.82) is 0 Å². The Labute approximate surface area is 220 Å². The van der Waals surface area contributed by atoms with Crippen LogP contribution < -0.4 is 10.4 Å². The molecule has 0 aromatic rings. The molecule has 2 heterocycles. The molecule has 0 radical (unpaired) electrons. The number of rotatable bonds is 15. The second kappa shape index (κ2) is 13.4. The van der Waals surface area contributed by atoms with E-state index < -0.39 is 8.53 Å². The van der Waals surface area contributed by atoms with Gasteiger partial charge in [0.05, 0.1) is 11.2 Å². The fourth-order valence-corrected chi connectivity index (χ4v) is 8.05. The van der Waals surface area contributed by atoms with E-state index in [4.69, 9.17) is 9.05 Å². The van der Waals surface area contributed by atoms with Crippen LogP contribution in [0.3, 0.4) is 0 Å². The third kappa shape index (κ3) is 8.38. The summed E-state index contributed by atoms with van der Waals surface area (Å²) in [5.41, 5.74) is -0.202. The zero-order chi connectivity index (χ0) is 26.3. The lowest BCUT2D eigenvalue weighted by atomic mass is 9.63. The molecule has 2 aliphatic rings. The normalized spacial score (nSPS) is 33.8. The van der Waals surface area contributed by atoms with Crippen molar-refractivity contribution in [3.05, 3.63) is 0 Å². The summed E-state index contributed by atoms with van der Waals surface area (Å²) < 4.78 is 13.0. The monoisotopic (exact) mass is 512 g/mol. The van der Waals surface area contributed by atoms with Crippen molar-refractivity contribution in [2.45, 2.75) is 181 Å². The van der Waals surface area contributed by atoms with Crippen LogP contribution in [0.1, 0.15) is 153 Å². The van der Waals surface area contributed by atoms with Crippen molar-refractivity contribution in [1.82, 2.24) is 10.4 Å². The minimum absolute atomic E-state index is 0.162. The summed E-state index contributed by atoms with van der Waals surface area (Å²) in [5, 5.41) is 8.05. The van der Waals surface area contributed by atoms with Crippen molar-refractivity contribution in [2.75, 3.05) is 0 Å². The molecule has 0 saturated carbocycles. The zero-order valence-corrected chi connectivity index (χ0v) is 26.1. The van der Waals surface area contributed by atoms with Crippen LogP contribution in [-0.2, 0) is 9.05 Å². The Morgan fingerprint density at radius 3 is 1.80 bits per heavy atom. The second-order valence-corrected chi connectivity index (χ2v) is 14.4. The Kier molecular flexibility index (Phi) is 12.0. The molecule has 0 aromatic heterocycles. The molecule has 35 heavy (non-hydrogen) atoms. The maximum absolute atomic E-state index is 6.48. The zero-order valence-electron chi connectivity index (χ0n) is 25.2. The first kappa shape index (κ1) is 31.5. The lowest BCUT2D eigenvalue weighted by molar-refractivity contribution is 0.00578. The number of piperidine rings is 1. The Hall–Kier alpha value is 0.270. The van der Waals surface area contributed by atoms with Gasteiger partial charge in [0.25, 0.3) is 8.53 Å². The maximum Gasteiger partial charge on any atom is 0.257 e. The average molecular weight is 513 g/mol. The highest BCUT2D eigenvalue weighted by Gasteiger charge is 2.53. The number of hydrogen-bond acceptors (Lipinski definition) is 4. The Morgan fingerprint density at radius 2 is 1.31 bits per heavy atom. The van der Waals surface area contributed by atoms with Crippen LogP contribution in [0.5, 0.6) is 0 Å². The first-order valence-corrected chi connectivity index (χ1v) is 16.2. The minimum atomic E-state index is -1.08. The smallest absolute Gasteiger partial charge is 0.257 e. The van der Waals surface area contributed by atoms with Crippen molar-refractivity contribution in [3.63, 3.8) is 0 Å². The fraction of sp³-hybridized carbons (Fsp3) is 1.00. The molecule has 2 rings (SSSR count). The molecule has 2 saturated heterocycles. The molecular formula is C30H61N2O2P. The SMILES string of the molecule is CCCCCCCCCCCC(NP1OC(C)(C)C(C)(C)O1)C1CC(C)(CC)NC(C)(CC)C1C. The first-order valence-electron chi connectivity index (χ1n) is 15.1. The molecule has 0 bridgehead atoms. The lowest BCUT2D eigenvalue weighted by Crippen LogP contribution is -2.66. The molecule has 2 N–H and O–H groups in total. The van der Waals surface area contributed by atoms with Gasteiger partial charge in [-0.2, -0.15) is 0 Å². The van der Waals surface area contributed by atoms with Gasteiger partial charge in [0, 0.05) is 17.1 Å². The van der Waals surface area contributed by atoms with E-state index in [1.807, 2.05) is 0 Å². The van der Waals surface area contributed by atoms with Crippen LogP contribution >= 0.6 is 8.53 Å². The van der Waals surface area contributed by atoms with Gasteiger partial charge >= 0.3 is 0 Å². The van der Waals surface area contributed by atoms with E-state index in [9.17, 15) is 0 Å². The third-order valence-electron chi connectivity index (χ3n) is 9.91. The van der Waals surface area contributed by atoms with Crippen LogP contribution in [0.25, 0.3) is 0 Å². The van der Waals surface area contributed by atoms with E-state index in [2.05, 4.69) is 79.6 Å². The van der Waals surface area contributed by atoms with Crippen molar-refractivity contribution in [3.8, 4) is 0 Å². The topological polar surface area (TPSA) is 42.5 Å². The van der Waals surface area contributed by atoms with Crippen molar-refractivity contribution >= 4 is 8.53 Å². The summed E-state index contributed by atoms with van der Waals surface area (Å²) in [6.45, 7) is 23.0. The summed E-state index contributed by atoms with van der Waals surface area (Å²) in [7, 11) is -1.08. The quantitative estimate of drug-likeness (QED) is 0.169. The average Bonchev–Trinajstić information content (AvgIpc) is 3.00. The van der Waals surface area contributed by atoms with E-state index in [0.29, 0.717) is 17.9 Å². The summed E-state index contributed by atoms with van der Waals surface area (Å²) in [6.07, 6.45) is 17.2. The maximum atomic E-state index is 6.48. The molecule has 5 unspecified atom stereocenters. The molecular weight excluding hydrogens is 451 g/mol. The van der Waals surface area contributed by atoms with Crippen LogP contribution in [0.4, 0.5) is 0 Å². The molecule has 5 heteroatoms. The van der Waals surface area contributed by atoms with E-state index >= 15 is 0 Å². The van der Waals surface area contributed by atoms with Crippen molar-refractivity contribution < 1.29 is 9.05 Å². The molecule has 0 aromatic carbocycles. The van der Waals surface area contributed by atoms with Crippen molar-refractivity contribution in [2.24, 2.45) is 11.8 Å². The summed E-state index contributed by atoms with van der Waals surface area (Å²) in [5.74, 6) is 1.21. The predicted molar refractivity (Wildman–Crippen MR) is 154 cm³/mol. The summed E-state index contributed by atoms with van der Waals surface area (Å²) in [6, 6.07) is 0.434. The fourth-order valence-electron chi connectivity index (χ4n) is 6.05. The molecule has 0 spiro atoms. The largest absolute Gasteiger partial charge is 0.313 e. The minimum Gasteiger partial charge on any atom is -0.313 e. The van der Waals surface area contributed by atoms with E-state index in [0.717, 1.165) is 6.42 Å². The van der Waals surface area contributed by atoms with Crippen LogP contribution in [0.15, 0.2) is 0 Å². The van der Waals surface area contributed by atoms with Crippen LogP contribution in [0, 0.1) is 11.8 Å². The number of nitrogens with one attached hydrogen (secondary N) is 2. The molecule has 0 amide bonds. The third-order valence-corrected chi connectivity index (χ3v) is 11.7. The van der Waals surface area contributed by atoms with Gasteiger partial charge in [0.1, 0.15) is 0 Å². The van der Waals surface area contributed by atoms with E-state index in [-0.39, 0.29) is 22.3 Å². The van der Waals surface area contributed by atoms with Gasteiger partial charge in [-0.05, 0) is 79.1 Å². The first-order chi connectivity index (χ1) is 16.3. The highest BCUT2D eigenvalue weighted by molar-refractivity contribution is 7.45. The molecule has 5 atom stereocenters. The summed E-state index contributed by atoms with van der Waals surface area (Å²) >= 11 is 0. The van der Waals surface area contributed by atoms with E-state index in [1.165, 1.54) is 77.0 Å². The van der Waals surface area contributed by atoms with Gasteiger partial charge in [-0.3, -0.25) is 0 Å². The number of unbranched alkanes of at least 4 members (excludes halogenated alkanes) is 8. The van der Waals surface area contributed by atoms with Gasteiger partial charge in [-0.25, -0.2) is 5.09 Å². The Bertz CT molecular complexity index is 611. The second-order valence-electron chi connectivity index (χ2n) is 13.3. The van der Waals surface area contributed by atoms with Crippen LogP contribution in [-0.4, -0.2) is 28.3 Å². The molecule has 2 fully saturated rings. The van der Waals surface area contributed by atoms with Crippen LogP contribution in [0.2, 0.25) is 0 Å². The summed E-state index contributed by atoms with van der Waals surface area (Å²) in [4.78, 5) is 0. The van der Waals surface area contributed by atoms with Gasteiger partial charge in [-0.15, -0.1) is 0 Å². The Morgan fingerprint density at radius 1 is 0.800 bits per heavy atom. The van der Waals surface area contributed by atoms with E-state index in [1.54, 1.807) is 0 Å². The highest BCUT2D eigenvalue weighted by Crippen LogP contribution is 2.56. The highest BCUT2D eigenvalue weighted by atomic mass is 31.2. The molecule has 2 aliphatic heterocycles. The lowest BCUT2D eigenvalue weighted by Gasteiger charge is -2.55. The Balaban J connectivity index is 2.06. The standard InChI is InChI=1S/C30H61N2O2P/c1-11-14-15-16-17-18-19-20-21-22-26(31-35-33-27(5,6)28(7,8)34-35)25-23-29(9,12-2)32-30(10,13-3)24(25)4/h24-26,31-32H,11-23H2,1-10H3.